The van der Waals surface area contributed by atoms with Gasteiger partial charge < -0.3 is 10.0 Å². The minimum atomic E-state index is -0.588. The molecule has 1 heterocycles. The van der Waals surface area contributed by atoms with Gasteiger partial charge in [0, 0.05) is 6.54 Å². The fourth-order valence-electron chi connectivity index (χ4n) is 2.27. The van der Waals surface area contributed by atoms with Crippen LogP contribution in [0.4, 0.5) is 0 Å². The summed E-state index contributed by atoms with van der Waals surface area (Å²) in [5.41, 5.74) is 0. The second-order valence-corrected chi connectivity index (χ2v) is 3.74. The predicted molar refractivity (Wildman–Crippen MR) is 40.2 cm³/mol. The Morgan fingerprint density at radius 3 is 2.82 bits per heavy atom. The van der Waals surface area contributed by atoms with Crippen LogP contribution < -0.4 is 0 Å². The summed E-state index contributed by atoms with van der Waals surface area (Å²) in [6, 6.07) is 0. The number of aliphatic carboxylic acids is 1. The fourth-order valence-corrected chi connectivity index (χ4v) is 2.27. The average molecular weight is 155 g/mol. The quantitative estimate of drug-likeness (QED) is 0.591. The van der Waals surface area contributed by atoms with Gasteiger partial charge in [-0.25, -0.2) is 0 Å². The lowest BCUT2D eigenvalue weighted by molar-refractivity contribution is -0.139. The maximum atomic E-state index is 10.6. The van der Waals surface area contributed by atoms with Gasteiger partial charge in [-0.1, -0.05) is 0 Å². The van der Waals surface area contributed by atoms with Gasteiger partial charge in [0.25, 0.3) is 0 Å². The van der Waals surface area contributed by atoms with Crippen molar-refractivity contribution < 1.29 is 9.90 Å². The van der Waals surface area contributed by atoms with Gasteiger partial charge in [-0.2, -0.15) is 0 Å². The molecule has 1 aliphatic carbocycles. The highest BCUT2D eigenvalue weighted by atomic mass is 16.4. The first-order chi connectivity index (χ1) is 5.20. The molecule has 1 saturated heterocycles. The Kier molecular flexibility index (Phi) is 1.42. The first kappa shape index (κ1) is 7.10. The third kappa shape index (κ3) is 1.03. The molecule has 0 unspecified atom stereocenters. The van der Waals surface area contributed by atoms with Crippen LogP contribution in [0.1, 0.15) is 6.42 Å². The number of carbonyl (C=O) groups is 1. The van der Waals surface area contributed by atoms with Crippen LogP contribution in [0.2, 0.25) is 0 Å². The van der Waals surface area contributed by atoms with Crippen molar-refractivity contribution in [1.29, 1.82) is 0 Å². The second-order valence-electron chi connectivity index (χ2n) is 3.74. The van der Waals surface area contributed by atoms with Gasteiger partial charge >= 0.3 is 5.97 Å². The van der Waals surface area contributed by atoms with Gasteiger partial charge in [-0.3, -0.25) is 4.79 Å². The molecule has 3 atom stereocenters. The Hall–Kier alpha value is -0.570. The molecular weight excluding hydrogens is 142 g/mol. The van der Waals surface area contributed by atoms with E-state index in [2.05, 4.69) is 11.9 Å². The van der Waals surface area contributed by atoms with Crippen LogP contribution in [0.5, 0.6) is 0 Å². The molecule has 0 spiro atoms. The Bertz CT molecular complexity index is 193. The summed E-state index contributed by atoms with van der Waals surface area (Å²) in [4.78, 5) is 12.8. The lowest BCUT2D eigenvalue weighted by Crippen LogP contribution is -2.27. The zero-order chi connectivity index (χ0) is 8.01. The van der Waals surface area contributed by atoms with Crippen molar-refractivity contribution in [2.45, 2.75) is 6.42 Å². The van der Waals surface area contributed by atoms with E-state index in [0.29, 0.717) is 11.8 Å². The van der Waals surface area contributed by atoms with Gasteiger partial charge in [0.05, 0.1) is 5.92 Å². The smallest absolute Gasteiger partial charge is 0.307 e. The highest BCUT2D eigenvalue weighted by molar-refractivity contribution is 5.74. The summed E-state index contributed by atoms with van der Waals surface area (Å²) < 4.78 is 0. The van der Waals surface area contributed by atoms with Crippen LogP contribution in [0.25, 0.3) is 0 Å². The monoisotopic (exact) mass is 155 g/mol. The normalized spacial score (nSPS) is 43.2. The zero-order valence-electron chi connectivity index (χ0n) is 6.66. The maximum absolute atomic E-state index is 10.6. The van der Waals surface area contributed by atoms with E-state index in [-0.39, 0.29) is 5.92 Å². The molecule has 0 aromatic rings. The lowest BCUT2D eigenvalue weighted by Gasteiger charge is -2.20. The number of rotatable bonds is 1. The van der Waals surface area contributed by atoms with Crippen LogP contribution >= 0.6 is 0 Å². The molecule has 0 aromatic carbocycles. The Balaban J connectivity index is 1.98. The van der Waals surface area contributed by atoms with Crippen molar-refractivity contribution in [2.75, 3.05) is 20.1 Å². The summed E-state index contributed by atoms with van der Waals surface area (Å²) in [7, 11) is 2.06. The van der Waals surface area contributed by atoms with Gasteiger partial charge in [0.1, 0.15) is 0 Å². The van der Waals surface area contributed by atoms with E-state index in [1.807, 2.05) is 0 Å². The largest absolute Gasteiger partial charge is 0.481 e. The van der Waals surface area contributed by atoms with E-state index in [9.17, 15) is 4.79 Å². The molecule has 1 saturated carbocycles. The molecule has 2 aliphatic rings. The third-order valence-electron chi connectivity index (χ3n) is 2.98. The second kappa shape index (κ2) is 2.21. The first-order valence-corrected chi connectivity index (χ1v) is 4.11. The SMILES string of the molecule is CN1CC[C@@H]2[C@H](C1)[C@@H]2C(=O)O. The predicted octanol–water partition coefficient (Wildman–Crippen LogP) is 0.269. The summed E-state index contributed by atoms with van der Waals surface area (Å²) in [5, 5.41) is 8.75. The highest BCUT2D eigenvalue weighted by Gasteiger charge is 2.56. The standard InChI is InChI=1S/C8H13NO2/c1-9-3-2-5-6(4-9)7(5)8(10)11/h5-7H,2-4H2,1H3,(H,10,11)/t5-,6+,7-/m1/s1. The first-order valence-electron chi connectivity index (χ1n) is 4.11. The molecule has 0 aromatic heterocycles. The van der Waals surface area contributed by atoms with Crippen LogP contribution in [0, 0.1) is 17.8 Å². The van der Waals surface area contributed by atoms with Gasteiger partial charge in [-0.05, 0) is 31.8 Å². The lowest BCUT2D eigenvalue weighted by atomic mass is 10.1. The zero-order valence-corrected chi connectivity index (χ0v) is 6.66. The van der Waals surface area contributed by atoms with E-state index in [0.717, 1.165) is 19.5 Å². The summed E-state index contributed by atoms with van der Waals surface area (Å²) in [5.74, 6) is 0.366. The van der Waals surface area contributed by atoms with Gasteiger partial charge in [0.2, 0.25) is 0 Å². The van der Waals surface area contributed by atoms with E-state index in [1.54, 1.807) is 0 Å². The number of nitrogens with zero attached hydrogens (tertiary/aromatic N) is 1. The van der Waals surface area contributed by atoms with E-state index < -0.39 is 5.97 Å². The van der Waals surface area contributed by atoms with E-state index in [4.69, 9.17) is 5.11 Å². The number of fused-ring (bicyclic) bond motifs is 1. The van der Waals surface area contributed by atoms with Gasteiger partial charge in [0.15, 0.2) is 0 Å². The molecule has 0 amide bonds. The Morgan fingerprint density at radius 1 is 1.55 bits per heavy atom. The molecule has 1 N–H and O–H groups in total. The number of likely N-dealkylation sites (tertiary alicyclic amines) is 1. The Labute approximate surface area is 66.0 Å². The molecule has 3 nitrogen and oxygen atoms in total. The number of carboxylic acids is 1. The molecule has 2 rings (SSSR count). The van der Waals surface area contributed by atoms with Crippen molar-refractivity contribution >= 4 is 5.97 Å². The van der Waals surface area contributed by atoms with E-state index in [1.165, 1.54) is 0 Å². The molecule has 0 radical (unpaired) electrons. The average Bonchev–Trinajstić information content (AvgIpc) is 2.60. The van der Waals surface area contributed by atoms with Crippen molar-refractivity contribution in [3.8, 4) is 0 Å². The van der Waals surface area contributed by atoms with Crippen LogP contribution in [0.3, 0.4) is 0 Å². The molecular formula is C8H13NO2. The summed E-state index contributed by atoms with van der Waals surface area (Å²) >= 11 is 0. The van der Waals surface area contributed by atoms with Crippen LogP contribution in [-0.4, -0.2) is 36.1 Å². The molecule has 1 aliphatic heterocycles. The maximum Gasteiger partial charge on any atom is 0.307 e. The molecule has 2 fully saturated rings. The highest BCUT2D eigenvalue weighted by Crippen LogP contribution is 2.51. The van der Waals surface area contributed by atoms with Crippen molar-refractivity contribution in [2.24, 2.45) is 17.8 Å². The number of carboxylic acid groups (broad SMARTS) is 1. The third-order valence-corrected chi connectivity index (χ3v) is 2.98. The molecule has 11 heavy (non-hydrogen) atoms. The molecule has 3 heteroatoms. The summed E-state index contributed by atoms with van der Waals surface area (Å²) in [6.45, 7) is 2.06. The van der Waals surface area contributed by atoms with Gasteiger partial charge in [-0.15, -0.1) is 0 Å². The van der Waals surface area contributed by atoms with Crippen LogP contribution in [-0.2, 0) is 4.79 Å². The number of hydrogen-bond donors (Lipinski definition) is 1. The van der Waals surface area contributed by atoms with E-state index >= 15 is 0 Å². The van der Waals surface area contributed by atoms with Crippen molar-refractivity contribution in [3.63, 3.8) is 0 Å². The van der Waals surface area contributed by atoms with Crippen molar-refractivity contribution in [3.05, 3.63) is 0 Å². The fraction of sp³-hybridized carbons (Fsp3) is 0.875. The van der Waals surface area contributed by atoms with Crippen LogP contribution in [0.15, 0.2) is 0 Å². The molecule has 0 bridgehead atoms. The minimum Gasteiger partial charge on any atom is -0.481 e. The number of hydrogen-bond acceptors (Lipinski definition) is 2. The van der Waals surface area contributed by atoms with Crippen molar-refractivity contribution in [1.82, 2.24) is 4.90 Å². The summed E-state index contributed by atoms with van der Waals surface area (Å²) in [6.07, 6.45) is 1.08. The minimum absolute atomic E-state index is 0.0139. The topological polar surface area (TPSA) is 40.5 Å². The molecule has 62 valence electrons. The Morgan fingerprint density at radius 2 is 2.27 bits per heavy atom. The number of piperidine rings is 1.